The van der Waals surface area contributed by atoms with E-state index >= 15 is 0 Å². The number of hydrogen-bond acceptors (Lipinski definition) is 4. The Bertz CT molecular complexity index is 909. The molecule has 1 saturated carbocycles. The molecule has 31 heavy (non-hydrogen) atoms. The van der Waals surface area contributed by atoms with Crippen molar-refractivity contribution in [1.29, 1.82) is 0 Å². The number of nitrogens with zero attached hydrogens (tertiary/aromatic N) is 1. The summed E-state index contributed by atoms with van der Waals surface area (Å²) in [6.07, 6.45) is 5.42. The molecule has 1 aromatic heterocycles. The number of benzene rings is 1. The fraction of sp³-hybridized carbons (Fsp3) is 0.348. The van der Waals surface area contributed by atoms with Gasteiger partial charge in [0, 0.05) is 12.6 Å². The van der Waals surface area contributed by atoms with Gasteiger partial charge in [-0.25, -0.2) is 4.39 Å². The van der Waals surface area contributed by atoms with Gasteiger partial charge in [-0.1, -0.05) is 37.1 Å². The molecule has 0 bridgehead atoms. The third-order valence-electron chi connectivity index (χ3n) is 5.24. The largest absolute Gasteiger partial charge is 0.351 e. The minimum atomic E-state index is -0.953. The number of carbonyl (C=O) groups excluding carboxylic acids is 3. The number of thiophene rings is 1. The molecule has 1 aliphatic rings. The molecule has 0 radical (unpaired) electrons. The van der Waals surface area contributed by atoms with Gasteiger partial charge >= 0.3 is 0 Å². The summed E-state index contributed by atoms with van der Waals surface area (Å²) in [5.74, 6) is -1.53. The van der Waals surface area contributed by atoms with Crippen LogP contribution in [0.25, 0.3) is 0 Å². The van der Waals surface area contributed by atoms with Gasteiger partial charge in [-0.15, -0.1) is 17.9 Å². The normalized spacial score (nSPS) is 14.6. The first-order valence-corrected chi connectivity index (χ1v) is 11.2. The topological polar surface area (TPSA) is 78.5 Å². The Kier molecular flexibility index (Phi) is 7.94. The number of nitrogens with one attached hydrogen (secondary N) is 2. The van der Waals surface area contributed by atoms with Crippen LogP contribution in [0.15, 0.2) is 54.4 Å². The quantitative estimate of drug-likeness (QED) is 0.583. The van der Waals surface area contributed by atoms with Gasteiger partial charge in [-0.05, 0) is 42.0 Å². The zero-order chi connectivity index (χ0) is 22.2. The minimum Gasteiger partial charge on any atom is -0.351 e. The Labute approximate surface area is 185 Å². The third kappa shape index (κ3) is 6.01. The predicted molar refractivity (Wildman–Crippen MR) is 118 cm³/mol. The summed E-state index contributed by atoms with van der Waals surface area (Å²) in [4.78, 5) is 40.3. The van der Waals surface area contributed by atoms with Crippen LogP contribution in [0.1, 0.15) is 47.0 Å². The maximum atomic E-state index is 13.5. The fourth-order valence-corrected chi connectivity index (χ4v) is 4.35. The van der Waals surface area contributed by atoms with Crippen LogP contribution in [0.2, 0.25) is 0 Å². The highest BCUT2D eigenvalue weighted by Crippen LogP contribution is 2.24. The van der Waals surface area contributed by atoms with Crippen LogP contribution in [-0.4, -0.2) is 41.8 Å². The summed E-state index contributed by atoms with van der Waals surface area (Å²) in [5.41, 5.74) is 0.497. The van der Waals surface area contributed by atoms with Crippen LogP contribution in [0.3, 0.4) is 0 Å². The summed E-state index contributed by atoms with van der Waals surface area (Å²) in [6, 6.07) is 8.07. The molecule has 1 aromatic carbocycles. The highest BCUT2D eigenvalue weighted by Gasteiger charge is 2.32. The maximum Gasteiger partial charge on any atom is 0.261 e. The SMILES string of the molecule is C=CCN(C(=O)CNC(=O)c1cccs1)C(C(=O)NC1CCCC1)c1ccc(F)cc1. The van der Waals surface area contributed by atoms with Gasteiger partial charge in [0.15, 0.2) is 0 Å². The van der Waals surface area contributed by atoms with Crippen LogP contribution < -0.4 is 10.6 Å². The smallest absolute Gasteiger partial charge is 0.261 e. The second-order valence-electron chi connectivity index (χ2n) is 7.44. The molecular weight excluding hydrogens is 417 g/mol. The van der Waals surface area contributed by atoms with Gasteiger partial charge in [0.25, 0.3) is 5.91 Å². The molecule has 2 aromatic rings. The lowest BCUT2D eigenvalue weighted by molar-refractivity contribution is -0.139. The van der Waals surface area contributed by atoms with Gasteiger partial charge in [0.05, 0.1) is 11.4 Å². The summed E-state index contributed by atoms with van der Waals surface area (Å²) >= 11 is 1.28. The van der Waals surface area contributed by atoms with Gasteiger partial charge < -0.3 is 15.5 Å². The monoisotopic (exact) mass is 443 g/mol. The predicted octanol–water partition coefficient (Wildman–Crippen LogP) is 3.43. The maximum absolute atomic E-state index is 13.5. The lowest BCUT2D eigenvalue weighted by atomic mass is 10.0. The van der Waals surface area contributed by atoms with Crippen LogP contribution in [0.4, 0.5) is 4.39 Å². The van der Waals surface area contributed by atoms with E-state index in [-0.39, 0.29) is 30.9 Å². The first kappa shape index (κ1) is 22.7. The summed E-state index contributed by atoms with van der Waals surface area (Å²) in [6.45, 7) is 3.54. The van der Waals surface area contributed by atoms with E-state index in [1.54, 1.807) is 17.5 Å². The molecular formula is C23H26FN3O3S. The molecule has 164 valence electrons. The highest BCUT2D eigenvalue weighted by molar-refractivity contribution is 7.12. The Morgan fingerprint density at radius 1 is 1.19 bits per heavy atom. The van der Waals surface area contributed by atoms with Crippen molar-refractivity contribution in [2.45, 2.75) is 37.8 Å². The first-order chi connectivity index (χ1) is 15.0. The number of halogens is 1. The van der Waals surface area contributed by atoms with E-state index in [1.165, 1.54) is 46.6 Å². The zero-order valence-electron chi connectivity index (χ0n) is 17.2. The van der Waals surface area contributed by atoms with E-state index in [4.69, 9.17) is 0 Å². The Morgan fingerprint density at radius 3 is 2.52 bits per heavy atom. The summed E-state index contributed by atoms with van der Waals surface area (Å²) < 4.78 is 13.5. The number of carbonyl (C=O) groups is 3. The molecule has 3 rings (SSSR count). The van der Waals surface area contributed by atoms with Crippen molar-refractivity contribution in [3.8, 4) is 0 Å². The Balaban J connectivity index is 1.80. The second-order valence-corrected chi connectivity index (χ2v) is 8.39. The van der Waals surface area contributed by atoms with Crippen molar-refractivity contribution in [3.63, 3.8) is 0 Å². The molecule has 1 atom stereocenters. The van der Waals surface area contributed by atoms with E-state index in [2.05, 4.69) is 17.2 Å². The van der Waals surface area contributed by atoms with Crippen LogP contribution in [0, 0.1) is 5.82 Å². The van der Waals surface area contributed by atoms with Crippen LogP contribution >= 0.6 is 11.3 Å². The molecule has 0 spiro atoms. The highest BCUT2D eigenvalue weighted by atomic mass is 32.1. The molecule has 1 heterocycles. The average Bonchev–Trinajstić information content (AvgIpc) is 3.47. The Hall–Kier alpha value is -3.00. The van der Waals surface area contributed by atoms with Gasteiger partial charge in [-0.3, -0.25) is 14.4 Å². The molecule has 2 N–H and O–H groups in total. The van der Waals surface area contributed by atoms with Crippen LogP contribution in [0.5, 0.6) is 0 Å². The number of rotatable bonds is 9. The van der Waals surface area contributed by atoms with Crippen molar-refractivity contribution < 1.29 is 18.8 Å². The lowest BCUT2D eigenvalue weighted by Crippen LogP contribution is -2.48. The van der Waals surface area contributed by atoms with Gasteiger partial charge in [0.1, 0.15) is 11.9 Å². The van der Waals surface area contributed by atoms with Crippen molar-refractivity contribution in [3.05, 3.63) is 70.7 Å². The standard InChI is InChI=1S/C23H26FN3O3S/c1-2-13-27(20(28)15-25-22(29)19-8-5-14-31-19)21(16-9-11-17(24)12-10-16)23(30)26-18-6-3-4-7-18/h2,5,8-12,14,18,21H,1,3-4,6-7,13,15H2,(H,25,29)(H,26,30). The van der Waals surface area contributed by atoms with Crippen molar-refractivity contribution in [2.75, 3.05) is 13.1 Å². The summed E-state index contributed by atoms with van der Waals surface area (Å²) in [5, 5.41) is 7.41. The van der Waals surface area contributed by atoms with Gasteiger partial charge in [-0.2, -0.15) is 0 Å². The molecule has 3 amide bonds. The number of amides is 3. The first-order valence-electron chi connectivity index (χ1n) is 10.3. The molecule has 6 nitrogen and oxygen atoms in total. The number of hydrogen-bond donors (Lipinski definition) is 2. The molecule has 1 aliphatic carbocycles. The van der Waals surface area contributed by atoms with E-state index in [0.717, 1.165) is 25.7 Å². The van der Waals surface area contributed by atoms with Gasteiger partial charge in [0.2, 0.25) is 11.8 Å². The van der Waals surface area contributed by atoms with E-state index in [0.29, 0.717) is 10.4 Å². The molecule has 1 unspecified atom stereocenters. The van der Waals surface area contributed by atoms with E-state index in [9.17, 15) is 18.8 Å². The molecule has 0 saturated heterocycles. The van der Waals surface area contributed by atoms with Crippen molar-refractivity contribution >= 4 is 29.1 Å². The minimum absolute atomic E-state index is 0.0645. The zero-order valence-corrected chi connectivity index (χ0v) is 18.0. The van der Waals surface area contributed by atoms with E-state index < -0.39 is 17.8 Å². The molecule has 8 heteroatoms. The fourth-order valence-electron chi connectivity index (χ4n) is 3.71. The average molecular weight is 444 g/mol. The molecule has 0 aliphatic heterocycles. The Morgan fingerprint density at radius 2 is 1.90 bits per heavy atom. The lowest BCUT2D eigenvalue weighted by Gasteiger charge is -2.31. The van der Waals surface area contributed by atoms with Crippen molar-refractivity contribution in [2.24, 2.45) is 0 Å². The molecule has 1 fully saturated rings. The van der Waals surface area contributed by atoms with Crippen LogP contribution in [-0.2, 0) is 9.59 Å². The third-order valence-corrected chi connectivity index (χ3v) is 6.11. The summed E-state index contributed by atoms with van der Waals surface area (Å²) in [7, 11) is 0. The van der Waals surface area contributed by atoms with Crippen molar-refractivity contribution in [1.82, 2.24) is 15.5 Å². The van der Waals surface area contributed by atoms with E-state index in [1.807, 2.05) is 0 Å². The second kappa shape index (κ2) is 10.9.